The average Bonchev–Trinajstić information content (AvgIpc) is 2.75. The van der Waals surface area contributed by atoms with Crippen molar-refractivity contribution in [2.24, 2.45) is 0 Å². The fourth-order valence-electron chi connectivity index (χ4n) is 1.28. The van der Waals surface area contributed by atoms with Crippen LogP contribution in [0, 0.1) is 6.92 Å². The third kappa shape index (κ3) is 3.13. The van der Waals surface area contributed by atoms with Gasteiger partial charge in [-0.15, -0.1) is 0 Å². The van der Waals surface area contributed by atoms with Gasteiger partial charge in [-0.25, -0.2) is 0 Å². The molecule has 0 aliphatic rings. The largest absolute Gasteiger partial charge is 0.356 e. The fourth-order valence-corrected chi connectivity index (χ4v) is 1.62. The molecule has 0 aliphatic carbocycles. The van der Waals surface area contributed by atoms with Crippen molar-refractivity contribution in [3.05, 3.63) is 46.2 Å². The van der Waals surface area contributed by atoms with E-state index in [0.29, 0.717) is 12.2 Å². The van der Waals surface area contributed by atoms with Gasteiger partial charge in [0.05, 0.1) is 24.1 Å². The quantitative estimate of drug-likeness (QED) is 0.907. The van der Waals surface area contributed by atoms with Crippen molar-refractivity contribution in [2.45, 2.75) is 13.5 Å². The Morgan fingerprint density at radius 1 is 1.47 bits per heavy atom. The third-order valence-electron chi connectivity index (χ3n) is 2.16. The summed E-state index contributed by atoms with van der Waals surface area (Å²) in [5.74, 6) is -0.168. The number of hydrogen-bond donors (Lipinski definition) is 2. The van der Waals surface area contributed by atoms with Gasteiger partial charge in [0.25, 0.3) is 5.91 Å². The van der Waals surface area contributed by atoms with Gasteiger partial charge in [-0.05, 0) is 28.9 Å². The van der Waals surface area contributed by atoms with Crippen molar-refractivity contribution in [1.29, 1.82) is 0 Å². The molecule has 1 amide bonds. The van der Waals surface area contributed by atoms with Crippen molar-refractivity contribution in [3.63, 3.8) is 0 Å². The van der Waals surface area contributed by atoms with E-state index in [1.54, 1.807) is 24.7 Å². The molecule has 0 aliphatic heterocycles. The second-order valence-electron chi connectivity index (χ2n) is 3.56. The zero-order valence-corrected chi connectivity index (χ0v) is 10.8. The van der Waals surface area contributed by atoms with Crippen molar-refractivity contribution in [1.82, 2.24) is 20.3 Å². The predicted octanol–water partition coefficient (Wildman–Crippen LogP) is 1.81. The first-order valence-corrected chi connectivity index (χ1v) is 5.84. The van der Waals surface area contributed by atoms with E-state index in [1.807, 2.05) is 6.92 Å². The van der Waals surface area contributed by atoms with Crippen LogP contribution in [0.5, 0.6) is 0 Å². The van der Waals surface area contributed by atoms with E-state index >= 15 is 0 Å². The third-order valence-corrected chi connectivity index (χ3v) is 2.61. The van der Waals surface area contributed by atoms with E-state index in [4.69, 9.17) is 0 Å². The summed E-state index contributed by atoms with van der Waals surface area (Å²) in [5.41, 5.74) is 2.10. The molecule has 0 atom stereocenters. The molecule has 0 saturated carbocycles. The van der Waals surface area contributed by atoms with E-state index in [2.05, 4.69) is 36.2 Å². The molecule has 88 valence electrons. The lowest BCUT2D eigenvalue weighted by Gasteiger charge is -2.02. The number of carbonyl (C=O) groups excluding carboxylic acids is 1. The summed E-state index contributed by atoms with van der Waals surface area (Å²) in [6.07, 6.45) is 5.04. The highest BCUT2D eigenvalue weighted by Gasteiger charge is 2.07. The summed E-state index contributed by atoms with van der Waals surface area (Å²) < 4.78 is 0.845. The molecule has 0 saturated heterocycles. The maximum atomic E-state index is 11.7. The molecule has 0 radical (unpaired) electrons. The number of halogens is 1. The van der Waals surface area contributed by atoms with Crippen LogP contribution in [0.1, 0.15) is 21.9 Å². The highest BCUT2D eigenvalue weighted by molar-refractivity contribution is 9.10. The van der Waals surface area contributed by atoms with E-state index < -0.39 is 0 Å². The molecular weight excluding hydrogens is 284 g/mol. The zero-order valence-electron chi connectivity index (χ0n) is 9.20. The highest BCUT2D eigenvalue weighted by atomic mass is 79.9. The Balaban J connectivity index is 1.94. The van der Waals surface area contributed by atoms with E-state index in [9.17, 15) is 4.79 Å². The Kier molecular flexibility index (Phi) is 3.53. The van der Waals surface area contributed by atoms with Gasteiger partial charge >= 0.3 is 0 Å². The Bertz CT molecular complexity index is 521. The molecule has 0 unspecified atom stereocenters. The van der Waals surface area contributed by atoms with Gasteiger partial charge in [-0.3, -0.25) is 14.8 Å². The monoisotopic (exact) mass is 294 g/mol. The molecule has 17 heavy (non-hydrogen) atoms. The van der Waals surface area contributed by atoms with E-state index in [0.717, 1.165) is 15.9 Å². The zero-order chi connectivity index (χ0) is 12.3. The Hall–Kier alpha value is -1.69. The summed E-state index contributed by atoms with van der Waals surface area (Å²) in [5, 5.41) is 2.75. The number of amides is 1. The standard InChI is InChI=1S/C11H11BrN4O/c1-7-3-14-9(5-13-7)6-16-11(17)10-2-8(12)4-15-10/h2-5,15H,6H2,1H3,(H,16,17). The highest BCUT2D eigenvalue weighted by Crippen LogP contribution is 2.10. The van der Waals surface area contributed by atoms with Crippen LogP contribution in [0.2, 0.25) is 0 Å². The van der Waals surface area contributed by atoms with Gasteiger partial charge in [0.2, 0.25) is 0 Å². The summed E-state index contributed by atoms with van der Waals surface area (Å²) in [6, 6.07) is 1.72. The van der Waals surface area contributed by atoms with Crippen molar-refractivity contribution >= 4 is 21.8 Å². The molecule has 0 fully saturated rings. The molecule has 0 spiro atoms. The van der Waals surface area contributed by atoms with Crippen LogP contribution in [-0.2, 0) is 6.54 Å². The Morgan fingerprint density at radius 3 is 2.88 bits per heavy atom. The minimum Gasteiger partial charge on any atom is -0.356 e. The summed E-state index contributed by atoms with van der Waals surface area (Å²) >= 11 is 3.27. The average molecular weight is 295 g/mol. The van der Waals surface area contributed by atoms with Crippen molar-refractivity contribution in [3.8, 4) is 0 Å². The normalized spacial score (nSPS) is 10.2. The number of nitrogens with zero attached hydrogens (tertiary/aromatic N) is 2. The van der Waals surface area contributed by atoms with Crippen molar-refractivity contribution < 1.29 is 4.79 Å². The smallest absolute Gasteiger partial charge is 0.268 e. The molecule has 5 nitrogen and oxygen atoms in total. The second kappa shape index (κ2) is 5.09. The van der Waals surface area contributed by atoms with Crippen molar-refractivity contribution in [2.75, 3.05) is 0 Å². The van der Waals surface area contributed by atoms with Crippen LogP contribution < -0.4 is 5.32 Å². The lowest BCUT2D eigenvalue weighted by Crippen LogP contribution is -2.23. The maximum absolute atomic E-state index is 11.7. The number of aryl methyl sites for hydroxylation is 1. The first kappa shape index (κ1) is 11.8. The van der Waals surface area contributed by atoms with Crippen LogP contribution in [0.25, 0.3) is 0 Å². The lowest BCUT2D eigenvalue weighted by atomic mass is 10.3. The van der Waals surface area contributed by atoms with Crippen LogP contribution in [-0.4, -0.2) is 20.9 Å². The van der Waals surface area contributed by atoms with Crippen LogP contribution in [0.4, 0.5) is 0 Å². The minimum absolute atomic E-state index is 0.168. The molecular formula is C11H11BrN4O. The number of carbonyl (C=O) groups is 1. The number of aromatic nitrogens is 3. The fraction of sp³-hybridized carbons (Fsp3) is 0.182. The summed E-state index contributed by atoms with van der Waals surface area (Å²) in [4.78, 5) is 22.8. The number of aromatic amines is 1. The summed E-state index contributed by atoms with van der Waals surface area (Å²) in [7, 11) is 0. The van der Waals surface area contributed by atoms with E-state index in [1.165, 1.54) is 0 Å². The number of H-pyrrole nitrogens is 1. The Labute approximate surface area is 107 Å². The molecule has 0 aromatic carbocycles. The van der Waals surface area contributed by atoms with Crippen LogP contribution in [0.15, 0.2) is 29.1 Å². The Morgan fingerprint density at radius 2 is 2.29 bits per heavy atom. The molecule has 2 aromatic rings. The molecule has 2 aromatic heterocycles. The van der Waals surface area contributed by atoms with Gasteiger partial charge < -0.3 is 10.3 Å². The molecule has 0 bridgehead atoms. The molecule has 6 heteroatoms. The number of hydrogen-bond acceptors (Lipinski definition) is 3. The van der Waals surface area contributed by atoms with Gasteiger partial charge in [-0.1, -0.05) is 0 Å². The van der Waals surface area contributed by atoms with E-state index in [-0.39, 0.29) is 5.91 Å². The number of rotatable bonds is 3. The predicted molar refractivity (Wildman–Crippen MR) is 66.4 cm³/mol. The second-order valence-corrected chi connectivity index (χ2v) is 4.48. The molecule has 2 N–H and O–H groups in total. The minimum atomic E-state index is -0.168. The molecule has 2 heterocycles. The van der Waals surface area contributed by atoms with Crippen LogP contribution >= 0.6 is 15.9 Å². The van der Waals surface area contributed by atoms with Crippen LogP contribution in [0.3, 0.4) is 0 Å². The van der Waals surface area contributed by atoms with Gasteiger partial charge in [0.15, 0.2) is 0 Å². The van der Waals surface area contributed by atoms with Gasteiger partial charge in [0.1, 0.15) is 5.69 Å². The lowest BCUT2D eigenvalue weighted by molar-refractivity contribution is 0.0946. The SMILES string of the molecule is Cc1cnc(CNC(=O)c2cc(Br)c[nH]2)cn1. The maximum Gasteiger partial charge on any atom is 0.268 e. The van der Waals surface area contributed by atoms with Gasteiger partial charge in [-0.2, -0.15) is 0 Å². The van der Waals surface area contributed by atoms with Gasteiger partial charge in [0, 0.05) is 16.9 Å². The first-order chi connectivity index (χ1) is 8.15. The summed E-state index contributed by atoms with van der Waals surface area (Å²) in [6.45, 7) is 2.23. The topological polar surface area (TPSA) is 70.7 Å². The molecule has 2 rings (SSSR count). The number of nitrogens with one attached hydrogen (secondary N) is 2. The first-order valence-electron chi connectivity index (χ1n) is 5.05.